The third-order valence-electron chi connectivity index (χ3n) is 17.0. The molecule has 1 saturated heterocycles. The average molecular weight is 1260 g/mol. The van der Waals surface area contributed by atoms with Gasteiger partial charge in [-0.2, -0.15) is 5.10 Å². The first-order valence-corrected chi connectivity index (χ1v) is 31.3. The van der Waals surface area contributed by atoms with Gasteiger partial charge in [0.2, 0.25) is 0 Å². The van der Waals surface area contributed by atoms with Crippen LogP contribution in [0.3, 0.4) is 0 Å². The zero-order chi connectivity index (χ0) is 63.6. The second kappa shape index (κ2) is 29.3. The van der Waals surface area contributed by atoms with Crippen molar-refractivity contribution in [2.24, 2.45) is 4.99 Å². The van der Waals surface area contributed by atoms with Crippen LogP contribution in [0.5, 0.6) is 11.6 Å². The average Bonchev–Trinajstić information content (AvgIpc) is 1.56. The van der Waals surface area contributed by atoms with Crippen molar-refractivity contribution in [2.75, 3.05) is 105 Å². The van der Waals surface area contributed by atoms with Crippen molar-refractivity contribution >= 4 is 52.6 Å². The number of ketones is 1. The van der Waals surface area contributed by atoms with Crippen LogP contribution in [0.2, 0.25) is 10.0 Å². The maximum Gasteiger partial charge on any atom is 0.326 e. The summed E-state index contributed by atoms with van der Waals surface area (Å²) in [5, 5.41) is 6.00. The lowest BCUT2D eigenvalue weighted by Crippen LogP contribution is -2.60. The molecule has 0 aliphatic carbocycles. The van der Waals surface area contributed by atoms with E-state index < -0.39 is 23.0 Å². The molecule has 0 radical (unpaired) electrons. The van der Waals surface area contributed by atoms with Gasteiger partial charge in [-0.3, -0.25) is 29.1 Å². The molecule has 2 N–H and O–H groups in total. The zero-order valence-electron chi connectivity index (χ0n) is 52.6. The third-order valence-corrected chi connectivity index (χ3v) is 17.5. The number of hydrogen-bond acceptors (Lipinski definition) is 15. The second-order valence-corrected chi connectivity index (χ2v) is 24.9. The second-order valence-electron chi connectivity index (χ2n) is 24.0. The summed E-state index contributed by atoms with van der Waals surface area (Å²) in [7, 11) is 1.67. The number of amidine groups is 1. The highest BCUT2D eigenvalue weighted by Gasteiger charge is 2.60. The maximum atomic E-state index is 15.5. The number of carbonyl (C=O) groups is 3. The van der Waals surface area contributed by atoms with E-state index in [1.807, 2.05) is 78.2 Å². The van der Waals surface area contributed by atoms with Crippen molar-refractivity contribution in [1.82, 2.24) is 39.3 Å². The standard InChI is InChI=1S/C67H83Cl2FN10O9/c1-10-88-58-40-48(65(4,5)6)17-23-54(58)61-74-66(7,46-13-18-49(68)19-14-46)67(8,47-15-20-50(69)21-16-47)80(61)64(83)78-29-27-77(28-30-78)31-33-85-35-37-87-39-38-86-36-34-84-32-25-52(81)12-11-26-79-57-43-76(9)63(82)53-24-22-51(70)41-55(53)45(3)89-62-60(71)72-42-56(73-62)59(57)44(2)75-79/h13-24,40-42,45H,10-12,25-39,43H2,1-9H3,(H2,71,72)/t45-,66-,67+/m1/s1. The molecule has 476 valence electrons. The number of aryl methyl sites for hydroxylation is 2. The molecule has 22 heteroatoms. The number of nitrogens with two attached hydrogens (primary N) is 1. The molecular formula is C67H83Cl2FN10O9. The lowest BCUT2D eigenvalue weighted by atomic mass is 9.71. The van der Waals surface area contributed by atoms with Gasteiger partial charge in [0, 0.05) is 85.9 Å². The minimum absolute atomic E-state index is 0.0524. The Balaban J connectivity index is 0.683. The Hall–Kier alpha value is -7.04. The fraction of sp³-hybridized carbons (Fsp3) is 0.478. The van der Waals surface area contributed by atoms with E-state index in [-0.39, 0.29) is 60.0 Å². The van der Waals surface area contributed by atoms with Gasteiger partial charge in [0.1, 0.15) is 40.4 Å². The van der Waals surface area contributed by atoms with Gasteiger partial charge in [-0.15, -0.1) is 0 Å². The topological polar surface area (TPSA) is 202 Å². The van der Waals surface area contributed by atoms with E-state index in [0.29, 0.717) is 155 Å². The summed E-state index contributed by atoms with van der Waals surface area (Å²) in [6.45, 7) is 23.4. The first-order chi connectivity index (χ1) is 42.6. The molecule has 6 aromatic rings. The zero-order valence-corrected chi connectivity index (χ0v) is 54.1. The predicted molar refractivity (Wildman–Crippen MR) is 341 cm³/mol. The lowest BCUT2D eigenvalue weighted by molar-refractivity contribution is -0.120. The fourth-order valence-electron chi connectivity index (χ4n) is 11.7. The van der Waals surface area contributed by atoms with Crippen LogP contribution >= 0.6 is 23.2 Å². The van der Waals surface area contributed by atoms with Crippen molar-refractivity contribution in [3.05, 3.63) is 152 Å². The van der Waals surface area contributed by atoms with E-state index in [4.69, 9.17) is 72.4 Å². The minimum Gasteiger partial charge on any atom is -0.493 e. The molecule has 89 heavy (non-hydrogen) atoms. The first kappa shape index (κ1) is 66.4. The monoisotopic (exact) mass is 1260 g/mol. The summed E-state index contributed by atoms with van der Waals surface area (Å²) in [4.78, 5) is 64.6. The van der Waals surface area contributed by atoms with Crippen LogP contribution in [-0.2, 0) is 53.3 Å². The molecule has 3 aliphatic rings. The van der Waals surface area contributed by atoms with Crippen molar-refractivity contribution < 1.29 is 47.2 Å². The van der Waals surface area contributed by atoms with E-state index in [9.17, 15) is 14.0 Å². The maximum absolute atomic E-state index is 15.5. The Labute approximate surface area is 531 Å². The van der Waals surface area contributed by atoms with E-state index in [2.05, 4.69) is 56.6 Å². The summed E-state index contributed by atoms with van der Waals surface area (Å²) < 4.78 is 51.9. The quantitative estimate of drug-likeness (QED) is 0.0561. The van der Waals surface area contributed by atoms with Crippen LogP contribution in [-0.4, -0.2) is 162 Å². The highest BCUT2D eigenvalue weighted by atomic mass is 35.5. The summed E-state index contributed by atoms with van der Waals surface area (Å²) >= 11 is 13.0. The number of carbonyl (C=O) groups excluding carboxylic acids is 3. The highest BCUT2D eigenvalue weighted by Crippen LogP contribution is 2.54. The summed E-state index contributed by atoms with van der Waals surface area (Å²) in [5.74, 6) is 0.533. The van der Waals surface area contributed by atoms with Crippen LogP contribution in [0, 0.1) is 12.7 Å². The third kappa shape index (κ3) is 15.2. The number of fused-ring (bicyclic) bond motifs is 5. The van der Waals surface area contributed by atoms with Crippen LogP contribution < -0.4 is 15.2 Å². The SMILES string of the molecule is CCOc1cc(C(C)(C)C)ccc1C1=N[C@](C)(c2ccc(Cl)cc2)[C@](C)(c2ccc(Cl)cc2)N1C(=O)N1CCN(CCOCCOCCOCCOCCC(=O)CCCn2nc(C)c3c2CN(C)C(=O)c2ccc(F)cc2[C@@H](C)Oc2nc-3cnc2N)CC1. The molecule has 19 nitrogen and oxygen atoms in total. The molecule has 9 rings (SSSR count). The number of nitrogen functional groups attached to an aromatic ring is 1. The van der Waals surface area contributed by atoms with Crippen molar-refractivity contribution in [3.63, 3.8) is 0 Å². The van der Waals surface area contributed by atoms with Gasteiger partial charge in [-0.1, -0.05) is 74.3 Å². The van der Waals surface area contributed by atoms with E-state index in [1.165, 1.54) is 24.4 Å². The number of Topliss-reactive ketones (excluding diaryl/α,β-unsaturated/α-hetero) is 1. The van der Waals surface area contributed by atoms with Crippen molar-refractivity contribution in [3.8, 4) is 22.9 Å². The van der Waals surface area contributed by atoms with Crippen LogP contribution in [0.15, 0.2) is 96.1 Å². The number of nitrogens with zero attached hydrogens (tertiary/aromatic N) is 9. The molecule has 5 heterocycles. The molecule has 2 bridgehead atoms. The molecule has 0 unspecified atom stereocenters. The van der Waals surface area contributed by atoms with Gasteiger partial charge < -0.3 is 44.0 Å². The normalized spacial score (nSPS) is 18.9. The fourth-order valence-corrected chi connectivity index (χ4v) is 12.0. The smallest absolute Gasteiger partial charge is 0.326 e. The van der Waals surface area contributed by atoms with Crippen LogP contribution in [0.25, 0.3) is 11.3 Å². The number of aromatic nitrogens is 4. The number of halogens is 3. The Kier molecular flexibility index (Phi) is 21.8. The predicted octanol–water partition coefficient (Wildman–Crippen LogP) is 11.2. The Morgan fingerprint density at radius 2 is 1.42 bits per heavy atom. The van der Waals surface area contributed by atoms with Crippen molar-refractivity contribution in [2.45, 2.75) is 110 Å². The molecule has 3 aliphatic heterocycles. The molecule has 2 aromatic heterocycles. The van der Waals surface area contributed by atoms with Gasteiger partial charge in [-0.05, 0) is 118 Å². The minimum atomic E-state index is -1.03. The van der Waals surface area contributed by atoms with Crippen LogP contribution in [0.4, 0.5) is 15.0 Å². The number of anilines is 1. The van der Waals surface area contributed by atoms with E-state index >= 15 is 4.79 Å². The van der Waals surface area contributed by atoms with E-state index in [1.54, 1.807) is 23.6 Å². The van der Waals surface area contributed by atoms with Crippen molar-refractivity contribution in [1.29, 1.82) is 0 Å². The molecule has 0 saturated carbocycles. The van der Waals surface area contributed by atoms with Gasteiger partial charge in [-0.25, -0.2) is 19.2 Å². The van der Waals surface area contributed by atoms with Gasteiger partial charge in [0.05, 0.1) is 94.8 Å². The highest BCUT2D eigenvalue weighted by molar-refractivity contribution is 6.30. The number of rotatable bonds is 24. The molecule has 3 atom stereocenters. The van der Waals surface area contributed by atoms with Gasteiger partial charge >= 0.3 is 6.03 Å². The number of ether oxygens (including phenoxy) is 6. The van der Waals surface area contributed by atoms with E-state index in [0.717, 1.165) is 22.3 Å². The largest absolute Gasteiger partial charge is 0.493 e. The Bertz CT molecular complexity index is 3480. The molecule has 0 spiro atoms. The lowest BCUT2D eigenvalue weighted by Gasteiger charge is -2.47. The summed E-state index contributed by atoms with van der Waals surface area (Å²) in [5.41, 5.74) is 10.8. The van der Waals surface area contributed by atoms with Crippen LogP contribution in [0.1, 0.15) is 123 Å². The number of aliphatic imine (C=N–C) groups is 1. The molecule has 3 amide bonds. The number of benzene rings is 4. The Morgan fingerprint density at radius 3 is 2.06 bits per heavy atom. The number of urea groups is 1. The molecular weight excluding hydrogens is 1180 g/mol. The first-order valence-electron chi connectivity index (χ1n) is 30.6. The molecule has 4 aromatic carbocycles. The number of hydrogen-bond donors (Lipinski definition) is 1. The number of piperazine rings is 1. The van der Waals surface area contributed by atoms with Gasteiger partial charge in [0.25, 0.3) is 11.8 Å². The summed E-state index contributed by atoms with van der Waals surface area (Å²) in [6.07, 6.45) is 1.85. The molecule has 1 fully saturated rings. The summed E-state index contributed by atoms with van der Waals surface area (Å²) in [6, 6.07) is 25.5. The number of amides is 3. The Morgan fingerprint density at radius 1 is 0.798 bits per heavy atom. The van der Waals surface area contributed by atoms with Gasteiger partial charge in [0.15, 0.2) is 5.82 Å².